The Labute approximate surface area is 75.3 Å². The van der Waals surface area contributed by atoms with Crippen LogP contribution in [0, 0.1) is 0 Å². The van der Waals surface area contributed by atoms with Crippen LogP contribution in [-0.4, -0.2) is 12.5 Å². The standard InChI is InChI=1S/C10H7NO2/c12-7-8-5-6-11-13-10-4-2-1-3-9(8)10/h1-7H. The molecule has 3 heteroatoms. The molecule has 0 saturated heterocycles. The van der Waals surface area contributed by atoms with E-state index in [4.69, 9.17) is 4.84 Å². The third-order valence-electron chi connectivity index (χ3n) is 1.79. The predicted octanol–water partition coefficient (Wildman–Crippen LogP) is 1.65. The molecule has 1 heterocycles. The van der Waals surface area contributed by atoms with E-state index < -0.39 is 0 Å². The van der Waals surface area contributed by atoms with Crippen molar-refractivity contribution in [1.29, 1.82) is 0 Å². The summed E-state index contributed by atoms with van der Waals surface area (Å²) < 4.78 is 0. The lowest BCUT2D eigenvalue weighted by Crippen LogP contribution is -1.88. The van der Waals surface area contributed by atoms with Gasteiger partial charge in [0, 0.05) is 11.1 Å². The van der Waals surface area contributed by atoms with Gasteiger partial charge in [-0.1, -0.05) is 23.4 Å². The van der Waals surface area contributed by atoms with Crippen LogP contribution < -0.4 is 4.84 Å². The van der Waals surface area contributed by atoms with Gasteiger partial charge in [-0.05, 0) is 12.1 Å². The van der Waals surface area contributed by atoms with E-state index in [1.165, 1.54) is 6.21 Å². The van der Waals surface area contributed by atoms with Crippen molar-refractivity contribution in [3.63, 3.8) is 0 Å². The van der Waals surface area contributed by atoms with Gasteiger partial charge in [0.15, 0.2) is 12.0 Å². The summed E-state index contributed by atoms with van der Waals surface area (Å²) in [5.41, 5.74) is 1.35. The zero-order valence-corrected chi connectivity index (χ0v) is 6.81. The first kappa shape index (κ1) is 7.73. The molecule has 0 amide bonds. The van der Waals surface area contributed by atoms with Gasteiger partial charge >= 0.3 is 0 Å². The number of hydrogen-bond donors (Lipinski definition) is 0. The van der Waals surface area contributed by atoms with Crippen LogP contribution in [0.15, 0.2) is 35.5 Å². The number of carbonyl (C=O) groups excluding carboxylic acids is 1. The summed E-state index contributed by atoms with van der Waals surface area (Å²) in [4.78, 5) is 15.7. The fourth-order valence-electron chi connectivity index (χ4n) is 1.18. The summed E-state index contributed by atoms with van der Waals surface area (Å²) >= 11 is 0. The average Bonchev–Trinajstić information content (AvgIpc) is 2.39. The minimum atomic E-state index is 0.580. The molecular formula is C10H7NO2. The Morgan fingerprint density at radius 3 is 3.00 bits per heavy atom. The van der Waals surface area contributed by atoms with Crippen LogP contribution >= 0.6 is 0 Å². The first-order chi connectivity index (χ1) is 6.42. The van der Waals surface area contributed by atoms with Gasteiger partial charge in [-0.25, -0.2) is 0 Å². The molecule has 1 aliphatic heterocycles. The molecule has 1 aliphatic rings. The van der Waals surface area contributed by atoms with Crippen molar-refractivity contribution in [1.82, 2.24) is 0 Å². The highest BCUT2D eigenvalue weighted by Crippen LogP contribution is 2.25. The van der Waals surface area contributed by atoms with Gasteiger partial charge in [0.1, 0.15) is 0 Å². The molecule has 64 valence electrons. The van der Waals surface area contributed by atoms with Crippen LogP contribution in [0.25, 0.3) is 5.57 Å². The highest BCUT2D eigenvalue weighted by molar-refractivity contribution is 6.12. The molecule has 13 heavy (non-hydrogen) atoms. The van der Waals surface area contributed by atoms with Gasteiger partial charge in [-0.15, -0.1) is 0 Å². The van der Waals surface area contributed by atoms with Crippen molar-refractivity contribution in [2.24, 2.45) is 5.16 Å². The van der Waals surface area contributed by atoms with Crippen LogP contribution in [0.5, 0.6) is 5.75 Å². The quantitative estimate of drug-likeness (QED) is 0.605. The van der Waals surface area contributed by atoms with Crippen molar-refractivity contribution in [3.8, 4) is 5.75 Å². The topological polar surface area (TPSA) is 38.7 Å². The summed E-state index contributed by atoms with van der Waals surface area (Å²) in [6, 6.07) is 7.28. The van der Waals surface area contributed by atoms with E-state index in [1.54, 1.807) is 12.1 Å². The fraction of sp³-hybridized carbons (Fsp3) is 0. The van der Waals surface area contributed by atoms with Gasteiger partial charge in [-0.3, -0.25) is 4.79 Å². The number of allylic oxidation sites excluding steroid dienone is 2. The molecule has 1 aromatic rings. The monoisotopic (exact) mass is 173 g/mol. The molecular weight excluding hydrogens is 166 g/mol. The lowest BCUT2D eigenvalue weighted by Gasteiger charge is -2.02. The maximum atomic E-state index is 10.7. The minimum absolute atomic E-state index is 0.580. The molecule has 0 saturated carbocycles. The van der Waals surface area contributed by atoms with Gasteiger partial charge in [0.2, 0.25) is 0 Å². The van der Waals surface area contributed by atoms with Crippen LogP contribution in [-0.2, 0) is 4.79 Å². The van der Waals surface area contributed by atoms with Crippen LogP contribution in [0.2, 0.25) is 0 Å². The summed E-state index contributed by atoms with van der Waals surface area (Å²) in [5.74, 6) is 0.606. The van der Waals surface area contributed by atoms with Gasteiger partial charge in [0.25, 0.3) is 0 Å². The number of para-hydroxylation sites is 1. The Morgan fingerprint density at radius 1 is 1.31 bits per heavy atom. The third-order valence-corrected chi connectivity index (χ3v) is 1.79. The molecule has 0 N–H and O–H groups in total. The van der Waals surface area contributed by atoms with E-state index in [0.717, 1.165) is 11.8 Å². The van der Waals surface area contributed by atoms with E-state index in [2.05, 4.69) is 5.16 Å². The molecule has 2 rings (SSSR count). The second-order valence-electron chi connectivity index (χ2n) is 2.58. The normalized spacial score (nSPS) is 13.7. The average molecular weight is 173 g/mol. The van der Waals surface area contributed by atoms with Gasteiger partial charge in [0.05, 0.1) is 6.21 Å². The van der Waals surface area contributed by atoms with E-state index >= 15 is 0 Å². The largest absolute Gasteiger partial charge is 0.356 e. The summed E-state index contributed by atoms with van der Waals surface area (Å²) in [6.45, 7) is 0. The molecule has 0 aromatic heterocycles. The molecule has 0 bridgehead atoms. The molecule has 0 fully saturated rings. The lowest BCUT2D eigenvalue weighted by atomic mass is 10.1. The number of oxime groups is 1. The second kappa shape index (κ2) is 3.23. The molecule has 3 nitrogen and oxygen atoms in total. The Morgan fingerprint density at radius 2 is 2.15 bits per heavy atom. The number of carbonyl (C=O) groups is 1. The van der Waals surface area contributed by atoms with Crippen molar-refractivity contribution < 1.29 is 9.63 Å². The predicted molar refractivity (Wildman–Crippen MR) is 49.6 cm³/mol. The molecule has 0 radical (unpaired) electrons. The van der Waals surface area contributed by atoms with Crippen LogP contribution in [0.3, 0.4) is 0 Å². The van der Waals surface area contributed by atoms with Crippen molar-refractivity contribution in [2.75, 3.05) is 0 Å². The summed E-state index contributed by atoms with van der Waals surface area (Å²) in [5, 5.41) is 3.65. The van der Waals surface area contributed by atoms with E-state index in [0.29, 0.717) is 11.3 Å². The van der Waals surface area contributed by atoms with Crippen molar-refractivity contribution in [2.45, 2.75) is 0 Å². The Hall–Kier alpha value is -1.90. The minimum Gasteiger partial charge on any atom is -0.356 e. The molecule has 0 aliphatic carbocycles. The van der Waals surface area contributed by atoms with Gasteiger partial charge in [-0.2, -0.15) is 0 Å². The Kier molecular flexibility index (Phi) is 1.92. The Balaban J connectivity index is 2.59. The number of hydrogen-bond acceptors (Lipinski definition) is 3. The van der Waals surface area contributed by atoms with Crippen LogP contribution in [0.1, 0.15) is 5.56 Å². The number of aldehydes is 1. The van der Waals surface area contributed by atoms with E-state index in [1.807, 2.05) is 18.2 Å². The maximum absolute atomic E-state index is 10.7. The maximum Gasteiger partial charge on any atom is 0.165 e. The molecule has 0 spiro atoms. The fourth-order valence-corrected chi connectivity index (χ4v) is 1.18. The van der Waals surface area contributed by atoms with Gasteiger partial charge < -0.3 is 4.84 Å². The molecule has 1 aromatic carbocycles. The third kappa shape index (κ3) is 1.36. The lowest BCUT2D eigenvalue weighted by molar-refractivity contribution is -0.103. The SMILES string of the molecule is O=CC1=CC=NOc2ccccc21. The zero-order chi connectivity index (χ0) is 9.10. The van der Waals surface area contributed by atoms with Crippen LogP contribution in [0.4, 0.5) is 0 Å². The number of nitrogens with zero attached hydrogens (tertiary/aromatic N) is 1. The smallest absolute Gasteiger partial charge is 0.165 e. The number of fused-ring (bicyclic) bond motifs is 1. The summed E-state index contributed by atoms with van der Waals surface area (Å²) in [6.07, 6.45) is 3.88. The van der Waals surface area contributed by atoms with Crippen molar-refractivity contribution >= 4 is 18.1 Å². The number of benzene rings is 1. The van der Waals surface area contributed by atoms with E-state index in [9.17, 15) is 4.79 Å². The summed E-state index contributed by atoms with van der Waals surface area (Å²) in [7, 11) is 0. The first-order valence-electron chi connectivity index (χ1n) is 3.87. The van der Waals surface area contributed by atoms with Crippen molar-refractivity contribution in [3.05, 3.63) is 35.9 Å². The number of rotatable bonds is 1. The zero-order valence-electron chi connectivity index (χ0n) is 6.81. The molecule has 0 unspecified atom stereocenters. The molecule has 0 atom stereocenters. The highest BCUT2D eigenvalue weighted by Gasteiger charge is 2.09. The first-order valence-corrected chi connectivity index (χ1v) is 3.87. The highest BCUT2D eigenvalue weighted by atomic mass is 16.6. The van der Waals surface area contributed by atoms with E-state index in [-0.39, 0.29) is 0 Å². The second-order valence-corrected chi connectivity index (χ2v) is 2.58. The Bertz CT molecular complexity index is 394.